The monoisotopic (exact) mass is 305 g/mol. The van der Waals surface area contributed by atoms with E-state index < -0.39 is 17.7 Å². The molecule has 0 aliphatic heterocycles. The quantitative estimate of drug-likeness (QED) is 0.874. The maximum Gasteiger partial charge on any atom is 0.159 e. The van der Waals surface area contributed by atoms with Gasteiger partial charge in [0.1, 0.15) is 0 Å². The average Bonchev–Trinajstić information content (AvgIpc) is 2.50. The van der Waals surface area contributed by atoms with E-state index in [-0.39, 0.29) is 6.04 Å². The zero-order valence-electron chi connectivity index (χ0n) is 12.8. The molecule has 1 atom stereocenters. The van der Waals surface area contributed by atoms with E-state index in [0.29, 0.717) is 18.7 Å². The summed E-state index contributed by atoms with van der Waals surface area (Å²) in [6.07, 6.45) is -0.860. The minimum atomic E-state index is -0.935. The highest BCUT2D eigenvalue weighted by molar-refractivity contribution is 5.20. The number of aliphatic hydroxyl groups is 1. The fourth-order valence-corrected chi connectivity index (χ4v) is 2.32. The molecule has 0 aromatic heterocycles. The number of halogens is 2. The van der Waals surface area contributed by atoms with Crippen molar-refractivity contribution < 1.29 is 13.9 Å². The van der Waals surface area contributed by atoms with Crippen LogP contribution in [0.3, 0.4) is 0 Å². The van der Waals surface area contributed by atoms with Crippen molar-refractivity contribution in [2.24, 2.45) is 0 Å². The van der Waals surface area contributed by atoms with Gasteiger partial charge in [-0.3, -0.25) is 4.90 Å². The third-order valence-corrected chi connectivity index (χ3v) is 3.69. The second kappa shape index (κ2) is 7.47. The molecule has 0 amide bonds. The molecule has 0 spiro atoms. The van der Waals surface area contributed by atoms with E-state index >= 15 is 0 Å². The SMILES string of the molecule is CC(C)N(Cc1ccccc1)CC(O)c1ccc(F)c(F)c1. The Morgan fingerprint density at radius 2 is 1.68 bits per heavy atom. The van der Waals surface area contributed by atoms with E-state index in [1.165, 1.54) is 6.07 Å². The summed E-state index contributed by atoms with van der Waals surface area (Å²) in [5, 5.41) is 10.3. The van der Waals surface area contributed by atoms with Crippen molar-refractivity contribution in [3.05, 3.63) is 71.3 Å². The highest BCUT2D eigenvalue weighted by Crippen LogP contribution is 2.19. The first-order valence-electron chi connectivity index (χ1n) is 7.38. The Kier molecular flexibility index (Phi) is 5.63. The van der Waals surface area contributed by atoms with Gasteiger partial charge in [-0.05, 0) is 37.1 Å². The van der Waals surface area contributed by atoms with Gasteiger partial charge < -0.3 is 5.11 Å². The van der Waals surface area contributed by atoms with Crippen molar-refractivity contribution in [3.8, 4) is 0 Å². The molecule has 1 unspecified atom stereocenters. The van der Waals surface area contributed by atoms with E-state index in [4.69, 9.17) is 0 Å². The van der Waals surface area contributed by atoms with Gasteiger partial charge in [0.2, 0.25) is 0 Å². The minimum absolute atomic E-state index is 0.222. The van der Waals surface area contributed by atoms with Crippen LogP contribution in [0.1, 0.15) is 31.1 Å². The molecule has 2 nitrogen and oxygen atoms in total. The zero-order chi connectivity index (χ0) is 16.1. The molecule has 4 heteroatoms. The molecule has 0 aliphatic carbocycles. The van der Waals surface area contributed by atoms with Gasteiger partial charge in [-0.25, -0.2) is 8.78 Å². The van der Waals surface area contributed by atoms with Crippen LogP contribution in [0.4, 0.5) is 8.78 Å². The Hall–Kier alpha value is -1.78. The molecule has 0 radical (unpaired) electrons. The predicted molar refractivity (Wildman–Crippen MR) is 83.3 cm³/mol. The Labute approximate surface area is 130 Å². The number of hydrogen-bond donors (Lipinski definition) is 1. The molecule has 22 heavy (non-hydrogen) atoms. The third-order valence-electron chi connectivity index (χ3n) is 3.69. The molecule has 0 heterocycles. The number of benzene rings is 2. The Morgan fingerprint density at radius 3 is 2.27 bits per heavy atom. The van der Waals surface area contributed by atoms with Crippen molar-refractivity contribution >= 4 is 0 Å². The first kappa shape index (κ1) is 16.6. The molecule has 0 aliphatic rings. The Morgan fingerprint density at radius 1 is 1.00 bits per heavy atom. The summed E-state index contributed by atoms with van der Waals surface area (Å²) in [5.74, 6) is -1.84. The lowest BCUT2D eigenvalue weighted by atomic mass is 10.1. The summed E-state index contributed by atoms with van der Waals surface area (Å²) < 4.78 is 26.3. The summed E-state index contributed by atoms with van der Waals surface area (Å²) in [4.78, 5) is 2.10. The summed E-state index contributed by atoms with van der Waals surface area (Å²) in [6, 6.07) is 13.7. The number of nitrogens with zero attached hydrogens (tertiary/aromatic N) is 1. The molecule has 1 N–H and O–H groups in total. The fourth-order valence-electron chi connectivity index (χ4n) is 2.32. The largest absolute Gasteiger partial charge is 0.387 e. The molecule has 118 valence electrons. The van der Waals surface area contributed by atoms with Crippen LogP contribution in [0.5, 0.6) is 0 Å². The first-order valence-corrected chi connectivity index (χ1v) is 7.38. The van der Waals surface area contributed by atoms with Gasteiger partial charge in [-0.2, -0.15) is 0 Å². The predicted octanol–water partition coefficient (Wildman–Crippen LogP) is 3.91. The number of aliphatic hydroxyl groups excluding tert-OH is 1. The maximum atomic E-state index is 13.3. The van der Waals surface area contributed by atoms with Gasteiger partial charge in [0, 0.05) is 19.1 Å². The van der Waals surface area contributed by atoms with Crippen LogP contribution in [-0.4, -0.2) is 22.6 Å². The van der Waals surface area contributed by atoms with Gasteiger partial charge in [0.05, 0.1) is 6.10 Å². The standard InChI is InChI=1S/C18H21F2NO/c1-13(2)21(11-14-6-4-3-5-7-14)12-18(22)15-8-9-16(19)17(20)10-15/h3-10,13,18,22H,11-12H2,1-2H3. The molecular formula is C18H21F2NO. The summed E-state index contributed by atoms with van der Waals surface area (Å²) in [7, 11) is 0. The lowest BCUT2D eigenvalue weighted by Crippen LogP contribution is -2.34. The molecule has 0 saturated heterocycles. The second-order valence-electron chi connectivity index (χ2n) is 5.70. The van der Waals surface area contributed by atoms with Crippen LogP contribution in [0, 0.1) is 11.6 Å². The molecule has 0 fully saturated rings. The van der Waals surface area contributed by atoms with Crippen LogP contribution in [-0.2, 0) is 6.54 Å². The number of rotatable bonds is 6. The first-order chi connectivity index (χ1) is 10.5. The van der Waals surface area contributed by atoms with Crippen molar-refractivity contribution in [3.63, 3.8) is 0 Å². The van der Waals surface area contributed by atoms with Gasteiger partial charge in [0.25, 0.3) is 0 Å². The summed E-state index contributed by atoms with van der Waals surface area (Å²) >= 11 is 0. The van der Waals surface area contributed by atoms with Crippen LogP contribution in [0.25, 0.3) is 0 Å². The van der Waals surface area contributed by atoms with Crippen molar-refractivity contribution in [1.29, 1.82) is 0 Å². The topological polar surface area (TPSA) is 23.5 Å². The van der Waals surface area contributed by atoms with Gasteiger partial charge in [-0.15, -0.1) is 0 Å². The second-order valence-corrected chi connectivity index (χ2v) is 5.70. The van der Waals surface area contributed by atoms with Crippen molar-refractivity contribution in [2.75, 3.05) is 6.54 Å². The van der Waals surface area contributed by atoms with E-state index in [9.17, 15) is 13.9 Å². The van der Waals surface area contributed by atoms with Crippen molar-refractivity contribution in [2.45, 2.75) is 32.5 Å². The zero-order valence-corrected chi connectivity index (χ0v) is 12.8. The summed E-state index contributed by atoms with van der Waals surface area (Å²) in [5.41, 5.74) is 1.53. The average molecular weight is 305 g/mol. The molecule has 2 aromatic carbocycles. The molecular weight excluding hydrogens is 284 g/mol. The highest BCUT2D eigenvalue weighted by Gasteiger charge is 2.17. The Balaban J connectivity index is 2.08. The van der Waals surface area contributed by atoms with Crippen LogP contribution in [0.2, 0.25) is 0 Å². The molecule has 0 bridgehead atoms. The highest BCUT2D eigenvalue weighted by atomic mass is 19.2. The minimum Gasteiger partial charge on any atom is -0.387 e. The normalized spacial score (nSPS) is 12.9. The van der Waals surface area contributed by atoms with E-state index in [1.54, 1.807) is 0 Å². The smallest absolute Gasteiger partial charge is 0.159 e. The van der Waals surface area contributed by atoms with Crippen LogP contribution >= 0.6 is 0 Å². The fraction of sp³-hybridized carbons (Fsp3) is 0.333. The van der Waals surface area contributed by atoms with Crippen LogP contribution < -0.4 is 0 Å². The summed E-state index contributed by atoms with van der Waals surface area (Å²) in [6.45, 7) is 5.14. The van der Waals surface area contributed by atoms with E-state index in [1.807, 2.05) is 44.2 Å². The lowest BCUT2D eigenvalue weighted by molar-refractivity contribution is 0.0905. The van der Waals surface area contributed by atoms with E-state index in [2.05, 4.69) is 4.90 Å². The third kappa shape index (κ3) is 4.36. The van der Waals surface area contributed by atoms with Crippen LogP contribution in [0.15, 0.2) is 48.5 Å². The molecule has 2 aromatic rings. The van der Waals surface area contributed by atoms with Gasteiger partial charge in [-0.1, -0.05) is 36.4 Å². The van der Waals surface area contributed by atoms with Crippen molar-refractivity contribution in [1.82, 2.24) is 4.90 Å². The Bertz CT molecular complexity index is 601. The molecule has 2 rings (SSSR count). The van der Waals surface area contributed by atoms with Gasteiger partial charge >= 0.3 is 0 Å². The maximum absolute atomic E-state index is 13.3. The number of hydrogen-bond acceptors (Lipinski definition) is 2. The molecule has 0 saturated carbocycles. The van der Waals surface area contributed by atoms with E-state index in [0.717, 1.165) is 17.7 Å². The van der Waals surface area contributed by atoms with Gasteiger partial charge in [0.15, 0.2) is 11.6 Å². The lowest BCUT2D eigenvalue weighted by Gasteiger charge is -2.29.